The van der Waals surface area contributed by atoms with Crippen LogP contribution in [0.5, 0.6) is 5.75 Å². The number of unbranched alkanes of at least 4 members (excludes halogenated alkanes) is 2. The molecule has 0 atom stereocenters. The number of aromatic hydroxyl groups is 1. The molecule has 1 aliphatic rings. The monoisotopic (exact) mass is 401 g/mol. The number of aromatic nitrogens is 2. The lowest BCUT2D eigenvalue weighted by Crippen LogP contribution is -2.00. The SMILES string of the molecule is CCCCCn1c(N=Cc2c(O)ccc3oc4c(c23)CCCC4)nc2ccccc21. The molecule has 0 spiro atoms. The number of hydrogen-bond acceptors (Lipinski definition) is 4. The van der Waals surface area contributed by atoms with Gasteiger partial charge in [-0.15, -0.1) is 0 Å². The quantitative estimate of drug-likeness (QED) is 0.304. The van der Waals surface area contributed by atoms with Crippen molar-refractivity contribution in [2.24, 2.45) is 4.99 Å². The zero-order chi connectivity index (χ0) is 20.5. The maximum Gasteiger partial charge on any atom is 0.230 e. The minimum absolute atomic E-state index is 0.231. The first-order valence-corrected chi connectivity index (χ1v) is 11.0. The van der Waals surface area contributed by atoms with Gasteiger partial charge in [-0.05, 0) is 49.9 Å². The van der Waals surface area contributed by atoms with Gasteiger partial charge < -0.3 is 14.1 Å². The summed E-state index contributed by atoms with van der Waals surface area (Å²) >= 11 is 0. The normalized spacial score (nSPS) is 14.2. The minimum Gasteiger partial charge on any atom is -0.507 e. The Kier molecular flexibility index (Phi) is 5.03. The van der Waals surface area contributed by atoms with E-state index in [4.69, 9.17) is 14.4 Å². The van der Waals surface area contributed by atoms with E-state index in [1.165, 1.54) is 18.4 Å². The smallest absolute Gasteiger partial charge is 0.230 e. The fourth-order valence-corrected chi connectivity index (χ4v) is 4.53. The number of para-hydroxylation sites is 2. The standard InChI is InChI=1S/C25H27N3O2/c1-2-3-8-15-28-20-11-6-5-10-19(20)27-25(28)26-16-18-21(29)13-14-23-24(18)17-9-4-7-12-22(17)30-23/h5-6,10-11,13-14,16,29H,2-4,7-9,12,15H2,1H3. The molecule has 2 aromatic heterocycles. The molecule has 2 heterocycles. The summed E-state index contributed by atoms with van der Waals surface area (Å²) in [5.41, 5.74) is 4.84. The van der Waals surface area contributed by atoms with Crippen LogP contribution < -0.4 is 0 Å². The van der Waals surface area contributed by atoms with Crippen molar-refractivity contribution in [2.75, 3.05) is 0 Å². The van der Waals surface area contributed by atoms with Crippen LogP contribution >= 0.6 is 0 Å². The van der Waals surface area contributed by atoms with E-state index in [-0.39, 0.29) is 5.75 Å². The highest BCUT2D eigenvalue weighted by Crippen LogP contribution is 2.37. The van der Waals surface area contributed by atoms with Crippen LogP contribution in [0, 0.1) is 0 Å². The molecule has 1 N–H and O–H groups in total. The molecule has 4 aromatic rings. The van der Waals surface area contributed by atoms with Crippen LogP contribution in [0.15, 0.2) is 45.8 Å². The fourth-order valence-electron chi connectivity index (χ4n) is 4.53. The predicted octanol–water partition coefficient (Wildman–Crippen LogP) is 6.31. The van der Waals surface area contributed by atoms with Crippen molar-refractivity contribution in [3.8, 4) is 5.75 Å². The number of aliphatic imine (C=N–C) groups is 1. The van der Waals surface area contributed by atoms with E-state index in [0.29, 0.717) is 5.95 Å². The average Bonchev–Trinajstić information content (AvgIpc) is 3.32. The van der Waals surface area contributed by atoms with Crippen LogP contribution in [0.4, 0.5) is 5.95 Å². The maximum atomic E-state index is 10.6. The molecule has 30 heavy (non-hydrogen) atoms. The lowest BCUT2D eigenvalue weighted by molar-refractivity contribution is 0.474. The molecule has 0 unspecified atom stereocenters. The average molecular weight is 402 g/mol. The molecule has 5 nitrogen and oxygen atoms in total. The Morgan fingerprint density at radius 2 is 2.00 bits per heavy atom. The Labute approximate surface area is 176 Å². The van der Waals surface area contributed by atoms with E-state index in [1.807, 2.05) is 24.3 Å². The van der Waals surface area contributed by atoms with Crippen molar-refractivity contribution < 1.29 is 9.52 Å². The third-order valence-corrected chi connectivity index (χ3v) is 6.07. The molecule has 5 heteroatoms. The molecule has 0 aliphatic heterocycles. The number of nitrogens with zero attached hydrogens (tertiary/aromatic N) is 3. The van der Waals surface area contributed by atoms with Crippen LogP contribution in [-0.2, 0) is 19.4 Å². The number of aryl methyl sites for hydroxylation is 3. The van der Waals surface area contributed by atoms with Gasteiger partial charge in [0, 0.05) is 35.7 Å². The Hall–Kier alpha value is -3.08. The largest absolute Gasteiger partial charge is 0.507 e. The van der Waals surface area contributed by atoms with E-state index in [9.17, 15) is 5.11 Å². The van der Waals surface area contributed by atoms with Gasteiger partial charge in [-0.25, -0.2) is 9.98 Å². The lowest BCUT2D eigenvalue weighted by atomic mass is 9.94. The van der Waals surface area contributed by atoms with E-state index in [1.54, 1.807) is 12.3 Å². The summed E-state index contributed by atoms with van der Waals surface area (Å²) in [5, 5.41) is 11.6. The highest BCUT2D eigenvalue weighted by molar-refractivity contribution is 6.03. The van der Waals surface area contributed by atoms with Gasteiger partial charge in [-0.1, -0.05) is 31.9 Å². The van der Waals surface area contributed by atoms with Crippen molar-refractivity contribution in [1.82, 2.24) is 9.55 Å². The van der Waals surface area contributed by atoms with Crippen LogP contribution in [-0.4, -0.2) is 20.9 Å². The summed E-state index contributed by atoms with van der Waals surface area (Å²) in [6.45, 7) is 3.10. The summed E-state index contributed by atoms with van der Waals surface area (Å²) in [6.07, 6.45) is 9.47. The molecule has 0 saturated carbocycles. The third-order valence-electron chi connectivity index (χ3n) is 6.07. The van der Waals surface area contributed by atoms with Gasteiger partial charge in [0.25, 0.3) is 0 Å². The van der Waals surface area contributed by atoms with Crippen LogP contribution in [0.2, 0.25) is 0 Å². The van der Waals surface area contributed by atoms with Crippen molar-refractivity contribution in [2.45, 2.75) is 58.4 Å². The Morgan fingerprint density at radius 1 is 1.13 bits per heavy atom. The number of imidazole rings is 1. The summed E-state index contributed by atoms with van der Waals surface area (Å²) in [7, 11) is 0. The number of hydrogen-bond donors (Lipinski definition) is 1. The van der Waals surface area contributed by atoms with Crippen molar-refractivity contribution >= 4 is 34.2 Å². The van der Waals surface area contributed by atoms with Gasteiger partial charge in [0.1, 0.15) is 17.1 Å². The van der Waals surface area contributed by atoms with Crippen LogP contribution in [0.1, 0.15) is 55.9 Å². The van der Waals surface area contributed by atoms with E-state index in [2.05, 4.69) is 17.6 Å². The first kappa shape index (κ1) is 18.9. The maximum absolute atomic E-state index is 10.6. The van der Waals surface area contributed by atoms with Gasteiger partial charge in [-0.2, -0.15) is 0 Å². The number of phenolic OH excluding ortho intramolecular Hbond substituents is 1. The number of benzene rings is 2. The molecule has 0 amide bonds. The molecule has 0 bridgehead atoms. The Bertz CT molecular complexity index is 1230. The highest BCUT2D eigenvalue weighted by atomic mass is 16.3. The highest BCUT2D eigenvalue weighted by Gasteiger charge is 2.21. The molecule has 2 aromatic carbocycles. The first-order chi connectivity index (χ1) is 14.8. The van der Waals surface area contributed by atoms with Gasteiger partial charge in [0.15, 0.2) is 0 Å². The Morgan fingerprint density at radius 3 is 2.90 bits per heavy atom. The van der Waals surface area contributed by atoms with E-state index < -0.39 is 0 Å². The van der Waals surface area contributed by atoms with Gasteiger partial charge in [0.2, 0.25) is 5.95 Å². The molecular formula is C25H27N3O2. The van der Waals surface area contributed by atoms with Crippen molar-refractivity contribution in [3.05, 3.63) is 53.3 Å². The van der Waals surface area contributed by atoms with Gasteiger partial charge in [-0.3, -0.25) is 0 Å². The minimum atomic E-state index is 0.231. The summed E-state index contributed by atoms with van der Waals surface area (Å²) in [5.74, 6) is 1.97. The second-order valence-electron chi connectivity index (χ2n) is 8.10. The molecule has 0 radical (unpaired) electrons. The molecule has 0 fully saturated rings. The van der Waals surface area contributed by atoms with E-state index >= 15 is 0 Å². The lowest BCUT2D eigenvalue weighted by Gasteiger charge is -2.10. The topological polar surface area (TPSA) is 63.5 Å². The van der Waals surface area contributed by atoms with Crippen molar-refractivity contribution in [3.63, 3.8) is 0 Å². The second-order valence-corrected chi connectivity index (χ2v) is 8.10. The van der Waals surface area contributed by atoms with Crippen molar-refractivity contribution in [1.29, 1.82) is 0 Å². The Balaban J connectivity index is 1.59. The second kappa shape index (κ2) is 7.98. The molecule has 1 aliphatic carbocycles. The number of phenols is 1. The molecular weight excluding hydrogens is 374 g/mol. The van der Waals surface area contributed by atoms with Gasteiger partial charge >= 0.3 is 0 Å². The number of rotatable bonds is 6. The molecule has 0 saturated heterocycles. The number of fused-ring (bicyclic) bond motifs is 4. The summed E-state index contributed by atoms with van der Waals surface area (Å²) in [4.78, 5) is 9.51. The zero-order valence-corrected chi connectivity index (χ0v) is 17.4. The fraction of sp³-hybridized carbons (Fsp3) is 0.360. The van der Waals surface area contributed by atoms with Crippen LogP contribution in [0.25, 0.3) is 22.0 Å². The zero-order valence-electron chi connectivity index (χ0n) is 17.4. The van der Waals surface area contributed by atoms with Crippen LogP contribution in [0.3, 0.4) is 0 Å². The van der Waals surface area contributed by atoms with E-state index in [0.717, 1.165) is 72.0 Å². The first-order valence-electron chi connectivity index (χ1n) is 11.0. The summed E-state index contributed by atoms with van der Waals surface area (Å²) in [6, 6.07) is 11.7. The summed E-state index contributed by atoms with van der Waals surface area (Å²) < 4.78 is 8.27. The molecule has 154 valence electrons. The third kappa shape index (κ3) is 3.28. The number of furan rings is 1. The molecule has 5 rings (SSSR count). The van der Waals surface area contributed by atoms with Gasteiger partial charge in [0.05, 0.1) is 11.0 Å². The predicted molar refractivity (Wildman–Crippen MR) is 121 cm³/mol.